The van der Waals surface area contributed by atoms with Gasteiger partial charge >= 0.3 is 0 Å². The normalized spacial score (nSPS) is 25.0. The van der Waals surface area contributed by atoms with Gasteiger partial charge in [-0.3, -0.25) is 4.90 Å². The quantitative estimate of drug-likeness (QED) is 0.664. The van der Waals surface area contributed by atoms with Crippen molar-refractivity contribution in [2.24, 2.45) is 5.92 Å². The monoisotopic (exact) mass is 386 g/mol. The van der Waals surface area contributed by atoms with Crippen LogP contribution in [0.25, 0.3) is 0 Å². The summed E-state index contributed by atoms with van der Waals surface area (Å²) >= 11 is 0. The molecule has 3 fully saturated rings. The van der Waals surface area contributed by atoms with E-state index in [0.717, 1.165) is 37.4 Å². The van der Waals surface area contributed by atoms with E-state index in [4.69, 9.17) is 9.47 Å². The maximum Gasteiger partial charge on any atom is 0.119 e. The van der Waals surface area contributed by atoms with Gasteiger partial charge in [0.1, 0.15) is 5.75 Å². The third-order valence-corrected chi connectivity index (χ3v) is 7.03. The molecule has 0 amide bonds. The zero-order valence-electron chi connectivity index (χ0n) is 17.7. The number of nitrogens with zero attached hydrogens (tertiary/aromatic N) is 2. The molecule has 0 aromatic heterocycles. The minimum Gasteiger partial charge on any atom is -0.497 e. The molecular formula is C24H38N2O2. The van der Waals surface area contributed by atoms with Crippen molar-refractivity contribution in [2.75, 3.05) is 39.9 Å². The van der Waals surface area contributed by atoms with Gasteiger partial charge in [0.05, 0.1) is 13.2 Å². The predicted molar refractivity (Wildman–Crippen MR) is 114 cm³/mol. The van der Waals surface area contributed by atoms with Crippen molar-refractivity contribution >= 4 is 0 Å². The number of hydrogen-bond acceptors (Lipinski definition) is 4. The molecule has 1 saturated carbocycles. The predicted octanol–water partition coefficient (Wildman–Crippen LogP) is 4.33. The van der Waals surface area contributed by atoms with Crippen molar-refractivity contribution in [1.29, 1.82) is 0 Å². The molecule has 1 aromatic carbocycles. The molecule has 0 spiro atoms. The van der Waals surface area contributed by atoms with Crippen LogP contribution in [0.2, 0.25) is 0 Å². The first-order valence-electron chi connectivity index (χ1n) is 11.5. The van der Waals surface area contributed by atoms with Crippen LogP contribution in [0.5, 0.6) is 5.75 Å². The molecule has 3 aliphatic rings. The van der Waals surface area contributed by atoms with E-state index in [9.17, 15) is 0 Å². The fourth-order valence-electron chi connectivity index (χ4n) is 5.44. The van der Waals surface area contributed by atoms with E-state index in [-0.39, 0.29) is 0 Å². The molecule has 1 atom stereocenters. The minimum atomic E-state index is 0.421. The fourth-order valence-corrected chi connectivity index (χ4v) is 5.44. The van der Waals surface area contributed by atoms with Crippen LogP contribution in [0.1, 0.15) is 56.9 Å². The van der Waals surface area contributed by atoms with E-state index in [2.05, 4.69) is 28.0 Å². The van der Waals surface area contributed by atoms with Crippen molar-refractivity contribution in [3.63, 3.8) is 0 Å². The number of hydrogen-bond donors (Lipinski definition) is 0. The summed E-state index contributed by atoms with van der Waals surface area (Å²) in [6.07, 6.45) is 11.3. The first-order chi connectivity index (χ1) is 13.8. The largest absolute Gasteiger partial charge is 0.497 e. The third kappa shape index (κ3) is 5.49. The molecule has 2 aliphatic heterocycles. The summed E-state index contributed by atoms with van der Waals surface area (Å²) in [6.45, 7) is 6.83. The highest BCUT2D eigenvalue weighted by molar-refractivity contribution is 5.28. The average Bonchev–Trinajstić information content (AvgIpc) is 3.43. The average molecular weight is 387 g/mol. The van der Waals surface area contributed by atoms with Gasteiger partial charge < -0.3 is 14.4 Å². The Morgan fingerprint density at radius 1 is 1.04 bits per heavy atom. The van der Waals surface area contributed by atoms with Crippen LogP contribution in [0.15, 0.2) is 24.3 Å². The van der Waals surface area contributed by atoms with Crippen molar-refractivity contribution in [3.05, 3.63) is 29.8 Å². The van der Waals surface area contributed by atoms with Crippen LogP contribution in [-0.4, -0.2) is 61.8 Å². The van der Waals surface area contributed by atoms with Gasteiger partial charge in [-0.25, -0.2) is 0 Å². The highest BCUT2D eigenvalue weighted by Gasteiger charge is 2.28. The first-order valence-corrected chi connectivity index (χ1v) is 11.5. The van der Waals surface area contributed by atoms with Gasteiger partial charge in [-0.1, -0.05) is 25.0 Å². The first kappa shape index (κ1) is 20.2. The molecule has 4 rings (SSSR count). The highest BCUT2D eigenvalue weighted by atomic mass is 16.5. The summed E-state index contributed by atoms with van der Waals surface area (Å²) in [5.41, 5.74) is 1.35. The lowest BCUT2D eigenvalue weighted by molar-refractivity contribution is 0.0540. The summed E-state index contributed by atoms with van der Waals surface area (Å²) < 4.78 is 11.4. The molecule has 0 radical (unpaired) electrons. The zero-order valence-corrected chi connectivity index (χ0v) is 17.7. The Labute approximate surface area is 171 Å². The topological polar surface area (TPSA) is 24.9 Å². The smallest absolute Gasteiger partial charge is 0.119 e. The summed E-state index contributed by atoms with van der Waals surface area (Å²) in [4.78, 5) is 5.44. The highest BCUT2D eigenvalue weighted by Crippen LogP contribution is 2.29. The lowest BCUT2D eigenvalue weighted by Gasteiger charge is -2.38. The molecule has 2 heterocycles. The molecule has 4 nitrogen and oxygen atoms in total. The second-order valence-electron chi connectivity index (χ2n) is 9.10. The SMILES string of the molecule is COc1cccc(CN(CC2CCN(C3CCCC3)CC2)C[C@H]2CCCO2)c1. The lowest BCUT2D eigenvalue weighted by atomic mass is 9.94. The van der Waals surface area contributed by atoms with E-state index in [1.807, 2.05) is 6.07 Å². The van der Waals surface area contributed by atoms with Crippen molar-refractivity contribution < 1.29 is 9.47 Å². The van der Waals surface area contributed by atoms with Crippen LogP contribution in [0.3, 0.4) is 0 Å². The molecule has 0 bridgehead atoms. The molecular weight excluding hydrogens is 348 g/mol. The Kier molecular flexibility index (Phi) is 7.27. The Morgan fingerprint density at radius 3 is 2.57 bits per heavy atom. The van der Waals surface area contributed by atoms with Crippen molar-refractivity contribution in [2.45, 2.75) is 70.1 Å². The van der Waals surface area contributed by atoms with Crippen LogP contribution in [-0.2, 0) is 11.3 Å². The van der Waals surface area contributed by atoms with Crippen molar-refractivity contribution in [1.82, 2.24) is 9.80 Å². The number of benzene rings is 1. The molecule has 4 heteroatoms. The van der Waals surface area contributed by atoms with E-state index in [1.54, 1.807) is 7.11 Å². The Balaban J connectivity index is 1.33. The second kappa shape index (κ2) is 10.1. The maximum atomic E-state index is 5.97. The maximum absolute atomic E-state index is 5.97. The third-order valence-electron chi connectivity index (χ3n) is 7.03. The van der Waals surface area contributed by atoms with Gasteiger partial charge in [-0.2, -0.15) is 0 Å². The molecule has 1 aliphatic carbocycles. The van der Waals surface area contributed by atoms with Gasteiger partial charge in [0.25, 0.3) is 0 Å². The molecule has 156 valence electrons. The summed E-state index contributed by atoms with van der Waals surface area (Å²) in [5, 5.41) is 0. The number of likely N-dealkylation sites (tertiary alicyclic amines) is 1. The van der Waals surface area contributed by atoms with Gasteiger partial charge in [-0.05, 0) is 75.2 Å². The Morgan fingerprint density at radius 2 is 1.86 bits per heavy atom. The fraction of sp³-hybridized carbons (Fsp3) is 0.750. The van der Waals surface area contributed by atoms with E-state index < -0.39 is 0 Å². The van der Waals surface area contributed by atoms with Gasteiger partial charge in [0, 0.05) is 32.3 Å². The van der Waals surface area contributed by atoms with E-state index >= 15 is 0 Å². The number of piperidine rings is 1. The summed E-state index contributed by atoms with van der Waals surface area (Å²) in [6, 6.07) is 9.45. The van der Waals surface area contributed by atoms with Crippen LogP contribution < -0.4 is 4.74 Å². The summed E-state index contributed by atoms with van der Waals surface area (Å²) in [5.74, 6) is 1.78. The molecule has 2 saturated heterocycles. The van der Waals surface area contributed by atoms with Gasteiger partial charge in [0.15, 0.2) is 0 Å². The zero-order chi connectivity index (χ0) is 19.2. The van der Waals surface area contributed by atoms with Crippen LogP contribution in [0, 0.1) is 5.92 Å². The Hall–Kier alpha value is -1.10. The minimum absolute atomic E-state index is 0.421. The molecule has 0 N–H and O–H groups in total. The number of rotatable bonds is 8. The van der Waals surface area contributed by atoms with Gasteiger partial charge in [0.2, 0.25) is 0 Å². The van der Waals surface area contributed by atoms with Crippen LogP contribution in [0.4, 0.5) is 0 Å². The molecule has 28 heavy (non-hydrogen) atoms. The van der Waals surface area contributed by atoms with Gasteiger partial charge in [-0.15, -0.1) is 0 Å². The van der Waals surface area contributed by atoms with E-state index in [0.29, 0.717) is 6.10 Å². The van der Waals surface area contributed by atoms with Crippen molar-refractivity contribution in [3.8, 4) is 5.75 Å². The van der Waals surface area contributed by atoms with Crippen LogP contribution >= 0.6 is 0 Å². The Bertz CT molecular complexity index is 588. The second-order valence-corrected chi connectivity index (χ2v) is 9.10. The standard InChI is InChI=1S/C24H38N2O2/c1-27-23-9-4-6-21(16-23)18-25(19-24-10-5-15-28-24)17-20-11-13-26(14-12-20)22-7-2-3-8-22/h4,6,9,16,20,22,24H,2-3,5,7-8,10-15,17-19H2,1H3/t24-/m1/s1. The summed E-state index contributed by atoms with van der Waals surface area (Å²) in [7, 11) is 1.75. The molecule has 0 unspecified atom stereocenters. The lowest BCUT2D eigenvalue weighted by Crippen LogP contribution is -2.43. The molecule has 1 aromatic rings. The number of methoxy groups -OCH3 is 1. The number of ether oxygens (including phenoxy) is 2. The van der Waals surface area contributed by atoms with E-state index in [1.165, 1.54) is 76.6 Å².